The summed E-state index contributed by atoms with van der Waals surface area (Å²) in [7, 11) is -3.90. The van der Waals surface area contributed by atoms with Gasteiger partial charge in [0.15, 0.2) is 6.10 Å². The molecule has 3 aromatic rings. The molecule has 2 N–H and O–H groups in total. The van der Waals surface area contributed by atoms with E-state index in [1.165, 1.54) is 36.4 Å². The first-order valence-corrected chi connectivity index (χ1v) is 14.4. The molecule has 0 aromatic heterocycles. The number of halogens is 1. The van der Waals surface area contributed by atoms with Gasteiger partial charge in [-0.3, -0.25) is 9.59 Å². The maximum Gasteiger partial charge on any atom is 0.340 e. The zero-order valence-corrected chi connectivity index (χ0v) is 23.5. The zero-order chi connectivity index (χ0) is 28.9. The van der Waals surface area contributed by atoms with E-state index in [1.54, 1.807) is 24.3 Å². The Morgan fingerprint density at radius 1 is 0.875 bits per heavy atom. The number of rotatable bonds is 8. The van der Waals surface area contributed by atoms with Crippen molar-refractivity contribution in [3.8, 4) is 0 Å². The lowest BCUT2D eigenvalue weighted by Gasteiger charge is -2.35. The molecule has 10 nitrogen and oxygen atoms in total. The second-order valence-corrected chi connectivity index (χ2v) is 11.5. The first-order valence-electron chi connectivity index (χ1n) is 12.5. The van der Waals surface area contributed by atoms with E-state index in [4.69, 9.17) is 16.3 Å². The van der Waals surface area contributed by atoms with Crippen LogP contribution in [0, 0.1) is 0 Å². The van der Waals surface area contributed by atoms with Crippen molar-refractivity contribution in [2.45, 2.75) is 24.8 Å². The Kier molecular flexibility index (Phi) is 9.08. The standard InChI is InChI=1S/C28H29ClN4O6S/c1-19(27(35)31-22-10-8-21(9-11-22)30-20(2)34)39-28(36)25-18-24(12-13-26(25)29)40(37,38)33-16-14-32(15-17-33)23-6-4-3-5-7-23/h3-13,18-19H,14-17H2,1-2H3,(H,30,34)(H,31,35)/t19-/m1/s1. The molecule has 1 saturated heterocycles. The van der Waals surface area contributed by atoms with E-state index in [0.717, 1.165) is 5.69 Å². The summed E-state index contributed by atoms with van der Waals surface area (Å²) in [6, 6.07) is 20.0. The number of carbonyl (C=O) groups is 3. The first-order chi connectivity index (χ1) is 19.0. The Morgan fingerprint density at radius 2 is 1.48 bits per heavy atom. The van der Waals surface area contributed by atoms with Gasteiger partial charge in [0.2, 0.25) is 15.9 Å². The number of anilines is 3. The van der Waals surface area contributed by atoms with Gasteiger partial charge >= 0.3 is 5.97 Å². The molecule has 3 aromatic carbocycles. The van der Waals surface area contributed by atoms with Crippen molar-refractivity contribution in [1.82, 2.24) is 4.31 Å². The third-order valence-corrected chi connectivity index (χ3v) is 8.51. The average molecular weight is 585 g/mol. The Labute approximate surface area is 237 Å². The summed E-state index contributed by atoms with van der Waals surface area (Å²) in [4.78, 5) is 38.7. The average Bonchev–Trinajstić information content (AvgIpc) is 2.94. The van der Waals surface area contributed by atoms with Crippen LogP contribution in [0.15, 0.2) is 77.7 Å². The van der Waals surface area contributed by atoms with E-state index >= 15 is 0 Å². The molecule has 1 atom stereocenters. The quantitative estimate of drug-likeness (QED) is 0.383. The van der Waals surface area contributed by atoms with Crippen molar-refractivity contribution in [3.05, 3.63) is 83.4 Å². The van der Waals surface area contributed by atoms with Crippen molar-refractivity contribution in [1.29, 1.82) is 0 Å². The van der Waals surface area contributed by atoms with Gasteiger partial charge in [-0.2, -0.15) is 4.31 Å². The summed E-state index contributed by atoms with van der Waals surface area (Å²) in [6.45, 7) is 4.38. The summed E-state index contributed by atoms with van der Waals surface area (Å²) in [5.41, 5.74) is 1.86. The minimum Gasteiger partial charge on any atom is -0.449 e. The van der Waals surface area contributed by atoms with Crippen molar-refractivity contribution in [3.63, 3.8) is 0 Å². The van der Waals surface area contributed by atoms with Crippen molar-refractivity contribution in [2.24, 2.45) is 0 Å². The van der Waals surface area contributed by atoms with E-state index < -0.39 is 28.0 Å². The van der Waals surface area contributed by atoms with Gasteiger partial charge < -0.3 is 20.3 Å². The topological polar surface area (TPSA) is 125 Å². The number of nitrogens with zero attached hydrogens (tertiary/aromatic N) is 2. The normalized spacial score (nSPS) is 14.7. The second-order valence-electron chi connectivity index (χ2n) is 9.16. The molecular weight excluding hydrogens is 556 g/mol. The molecule has 0 bridgehead atoms. The van der Waals surface area contributed by atoms with Crippen LogP contribution in [0.25, 0.3) is 0 Å². The number of hydrogen-bond donors (Lipinski definition) is 2. The van der Waals surface area contributed by atoms with Gasteiger partial charge in [0.25, 0.3) is 5.91 Å². The molecule has 0 saturated carbocycles. The highest BCUT2D eigenvalue weighted by Crippen LogP contribution is 2.26. The number of piperazine rings is 1. The van der Waals surface area contributed by atoms with Crippen LogP contribution in [0.3, 0.4) is 0 Å². The highest BCUT2D eigenvalue weighted by atomic mass is 35.5. The Morgan fingerprint density at radius 3 is 2.08 bits per heavy atom. The Bertz CT molecular complexity index is 1490. The summed E-state index contributed by atoms with van der Waals surface area (Å²) in [6.07, 6.45) is -1.20. The number of benzene rings is 3. The van der Waals surface area contributed by atoms with Crippen molar-refractivity contribution >= 4 is 56.5 Å². The molecule has 1 aliphatic rings. The van der Waals surface area contributed by atoms with E-state index in [-0.39, 0.29) is 34.5 Å². The number of carbonyl (C=O) groups excluding carboxylic acids is 3. The van der Waals surface area contributed by atoms with Crippen LogP contribution in [0.4, 0.5) is 17.1 Å². The monoisotopic (exact) mass is 584 g/mol. The Balaban J connectivity index is 1.39. The maximum atomic E-state index is 13.4. The van der Waals surface area contributed by atoms with Crippen LogP contribution in [0.1, 0.15) is 24.2 Å². The largest absolute Gasteiger partial charge is 0.449 e. The highest BCUT2D eigenvalue weighted by Gasteiger charge is 2.30. The van der Waals surface area contributed by atoms with Gasteiger partial charge in [-0.25, -0.2) is 13.2 Å². The van der Waals surface area contributed by atoms with E-state index in [2.05, 4.69) is 15.5 Å². The van der Waals surface area contributed by atoms with Crippen molar-refractivity contribution < 1.29 is 27.5 Å². The molecular formula is C28H29ClN4O6S. The molecule has 40 heavy (non-hydrogen) atoms. The fraction of sp³-hybridized carbons (Fsp3) is 0.250. The lowest BCUT2D eigenvalue weighted by atomic mass is 10.2. The Hall–Kier alpha value is -3.93. The summed E-state index contributed by atoms with van der Waals surface area (Å²) in [5.74, 6) is -1.75. The van der Waals surface area contributed by atoms with E-state index in [9.17, 15) is 22.8 Å². The third-order valence-electron chi connectivity index (χ3n) is 6.28. The number of amides is 2. The minimum atomic E-state index is -3.90. The number of nitrogens with one attached hydrogen (secondary N) is 2. The van der Waals surface area contributed by atoms with Crippen LogP contribution >= 0.6 is 11.6 Å². The molecule has 0 aliphatic carbocycles. The predicted molar refractivity (Wildman–Crippen MR) is 153 cm³/mol. The fourth-order valence-corrected chi connectivity index (χ4v) is 5.80. The molecule has 1 heterocycles. The molecule has 4 rings (SSSR count). The number of para-hydroxylation sites is 1. The van der Waals surface area contributed by atoms with Gasteiger partial charge in [0, 0.05) is 50.2 Å². The number of esters is 1. The zero-order valence-electron chi connectivity index (χ0n) is 22.0. The van der Waals surface area contributed by atoms with Gasteiger partial charge in [-0.05, 0) is 61.5 Å². The van der Waals surface area contributed by atoms with E-state index in [1.807, 2.05) is 30.3 Å². The highest BCUT2D eigenvalue weighted by molar-refractivity contribution is 7.89. The smallest absolute Gasteiger partial charge is 0.340 e. The van der Waals surface area contributed by atoms with Crippen LogP contribution in [0.5, 0.6) is 0 Å². The van der Waals surface area contributed by atoms with Crippen LogP contribution < -0.4 is 15.5 Å². The fourth-order valence-electron chi connectivity index (χ4n) is 4.16. The van der Waals surface area contributed by atoms with Gasteiger partial charge in [0.1, 0.15) is 0 Å². The number of ether oxygens (including phenoxy) is 1. The van der Waals surface area contributed by atoms with E-state index in [0.29, 0.717) is 24.5 Å². The predicted octanol–water partition coefficient (Wildman–Crippen LogP) is 3.99. The molecule has 210 valence electrons. The van der Waals surface area contributed by atoms with Gasteiger partial charge in [-0.1, -0.05) is 29.8 Å². The molecule has 2 amide bonds. The molecule has 1 aliphatic heterocycles. The molecule has 0 radical (unpaired) electrons. The second kappa shape index (κ2) is 12.5. The summed E-state index contributed by atoms with van der Waals surface area (Å²) >= 11 is 6.21. The van der Waals surface area contributed by atoms with Crippen LogP contribution in [0.2, 0.25) is 5.02 Å². The minimum absolute atomic E-state index is 0.000912. The lowest BCUT2D eigenvalue weighted by molar-refractivity contribution is -0.123. The van der Waals surface area contributed by atoms with Gasteiger partial charge in [0.05, 0.1) is 15.5 Å². The van der Waals surface area contributed by atoms with Crippen LogP contribution in [-0.2, 0) is 24.3 Å². The lowest BCUT2D eigenvalue weighted by Crippen LogP contribution is -2.48. The molecule has 0 spiro atoms. The van der Waals surface area contributed by atoms with Gasteiger partial charge in [-0.15, -0.1) is 0 Å². The van der Waals surface area contributed by atoms with Crippen LogP contribution in [-0.4, -0.2) is 62.8 Å². The first kappa shape index (κ1) is 29.1. The summed E-state index contributed by atoms with van der Waals surface area (Å²) in [5, 5.41) is 5.24. The molecule has 1 fully saturated rings. The van der Waals surface area contributed by atoms with Crippen molar-refractivity contribution in [2.75, 3.05) is 41.7 Å². The maximum absolute atomic E-state index is 13.4. The molecule has 12 heteroatoms. The third kappa shape index (κ3) is 6.98. The SMILES string of the molecule is CC(=O)Nc1ccc(NC(=O)[C@@H](C)OC(=O)c2cc(S(=O)(=O)N3CCN(c4ccccc4)CC3)ccc2Cl)cc1. The number of hydrogen-bond acceptors (Lipinski definition) is 7. The summed E-state index contributed by atoms with van der Waals surface area (Å²) < 4.78 is 33.4. The number of sulfonamides is 1. The molecule has 0 unspecified atom stereocenters.